The van der Waals surface area contributed by atoms with Crippen LogP contribution in [0, 0.1) is 11.8 Å². The minimum Gasteiger partial charge on any atom is -0.375 e. The molecule has 2 fully saturated rings. The molecule has 0 bridgehead atoms. The number of rotatable bonds is 3. The molecule has 0 aromatic rings. The molecule has 88 valence electrons. The standard InChI is InChI=1S/C14H26O/c1-3-11-5-7-12(8-6-11)14-10-9-13(4-2)15-14/h11-14H,3-10H2,1-2H3. The van der Waals surface area contributed by atoms with Crippen LogP contribution in [0.15, 0.2) is 0 Å². The highest BCUT2D eigenvalue weighted by atomic mass is 16.5. The average molecular weight is 210 g/mol. The predicted octanol–water partition coefficient (Wildman–Crippen LogP) is 4.16. The van der Waals surface area contributed by atoms with Gasteiger partial charge in [-0.25, -0.2) is 0 Å². The molecule has 1 heteroatoms. The van der Waals surface area contributed by atoms with E-state index >= 15 is 0 Å². The fourth-order valence-electron chi connectivity index (χ4n) is 3.35. The van der Waals surface area contributed by atoms with Crippen molar-refractivity contribution in [1.82, 2.24) is 0 Å². The molecule has 0 amide bonds. The Morgan fingerprint density at radius 3 is 2.13 bits per heavy atom. The van der Waals surface area contributed by atoms with Crippen LogP contribution in [0.5, 0.6) is 0 Å². The molecular formula is C14H26O. The minimum atomic E-state index is 0.582. The SMILES string of the molecule is CCC1CCC(C2CCC(CC)O2)CC1. The first-order valence-corrected chi connectivity index (χ1v) is 6.98. The Kier molecular flexibility index (Phi) is 4.07. The quantitative estimate of drug-likeness (QED) is 0.679. The van der Waals surface area contributed by atoms with Crippen molar-refractivity contribution >= 4 is 0 Å². The smallest absolute Gasteiger partial charge is 0.0608 e. The van der Waals surface area contributed by atoms with Gasteiger partial charge in [-0.15, -0.1) is 0 Å². The van der Waals surface area contributed by atoms with E-state index in [1.54, 1.807) is 0 Å². The summed E-state index contributed by atoms with van der Waals surface area (Å²) in [7, 11) is 0. The predicted molar refractivity (Wildman–Crippen MR) is 63.9 cm³/mol. The van der Waals surface area contributed by atoms with Gasteiger partial charge in [0.15, 0.2) is 0 Å². The Morgan fingerprint density at radius 1 is 0.867 bits per heavy atom. The van der Waals surface area contributed by atoms with E-state index in [4.69, 9.17) is 4.74 Å². The van der Waals surface area contributed by atoms with Gasteiger partial charge in [0.05, 0.1) is 12.2 Å². The van der Waals surface area contributed by atoms with Crippen molar-refractivity contribution in [2.24, 2.45) is 11.8 Å². The molecule has 0 aromatic carbocycles. The molecule has 1 saturated heterocycles. The van der Waals surface area contributed by atoms with Crippen LogP contribution in [-0.2, 0) is 4.74 Å². The fourth-order valence-corrected chi connectivity index (χ4v) is 3.35. The van der Waals surface area contributed by atoms with Gasteiger partial charge in [-0.05, 0) is 43.9 Å². The first-order chi connectivity index (χ1) is 7.33. The second-order valence-corrected chi connectivity index (χ2v) is 5.47. The van der Waals surface area contributed by atoms with Crippen molar-refractivity contribution in [3.05, 3.63) is 0 Å². The summed E-state index contributed by atoms with van der Waals surface area (Å²) < 4.78 is 6.12. The number of hydrogen-bond acceptors (Lipinski definition) is 1. The zero-order valence-corrected chi connectivity index (χ0v) is 10.4. The number of ether oxygens (including phenoxy) is 1. The number of hydrogen-bond donors (Lipinski definition) is 0. The lowest BCUT2D eigenvalue weighted by Gasteiger charge is -2.31. The molecule has 15 heavy (non-hydrogen) atoms. The second-order valence-electron chi connectivity index (χ2n) is 5.47. The topological polar surface area (TPSA) is 9.23 Å². The van der Waals surface area contributed by atoms with Gasteiger partial charge in [0, 0.05) is 0 Å². The Balaban J connectivity index is 1.76. The van der Waals surface area contributed by atoms with Gasteiger partial charge in [-0.3, -0.25) is 0 Å². The van der Waals surface area contributed by atoms with Crippen LogP contribution in [0.1, 0.15) is 65.2 Å². The van der Waals surface area contributed by atoms with Crippen LogP contribution in [0.4, 0.5) is 0 Å². The molecule has 2 unspecified atom stereocenters. The van der Waals surface area contributed by atoms with E-state index in [9.17, 15) is 0 Å². The van der Waals surface area contributed by atoms with Crippen LogP contribution in [0.25, 0.3) is 0 Å². The molecular weight excluding hydrogens is 184 g/mol. The monoisotopic (exact) mass is 210 g/mol. The van der Waals surface area contributed by atoms with Crippen LogP contribution in [0.3, 0.4) is 0 Å². The highest BCUT2D eigenvalue weighted by molar-refractivity contribution is 4.82. The summed E-state index contributed by atoms with van der Waals surface area (Å²) in [5.41, 5.74) is 0. The van der Waals surface area contributed by atoms with Crippen molar-refractivity contribution in [1.29, 1.82) is 0 Å². The molecule has 0 spiro atoms. The van der Waals surface area contributed by atoms with Crippen molar-refractivity contribution in [3.63, 3.8) is 0 Å². The molecule has 1 aliphatic carbocycles. The molecule has 0 aromatic heterocycles. The zero-order valence-electron chi connectivity index (χ0n) is 10.4. The second kappa shape index (κ2) is 5.34. The average Bonchev–Trinajstić information content (AvgIpc) is 2.78. The normalized spacial score (nSPS) is 42.0. The molecule has 1 nitrogen and oxygen atoms in total. The van der Waals surface area contributed by atoms with E-state index in [-0.39, 0.29) is 0 Å². The molecule has 2 aliphatic rings. The molecule has 1 saturated carbocycles. The van der Waals surface area contributed by atoms with Crippen LogP contribution < -0.4 is 0 Å². The van der Waals surface area contributed by atoms with Crippen molar-refractivity contribution in [2.75, 3.05) is 0 Å². The van der Waals surface area contributed by atoms with E-state index < -0.39 is 0 Å². The highest BCUT2D eigenvalue weighted by Crippen LogP contribution is 2.38. The molecule has 2 rings (SSSR count). The Hall–Kier alpha value is -0.0400. The van der Waals surface area contributed by atoms with Crippen LogP contribution >= 0.6 is 0 Å². The van der Waals surface area contributed by atoms with Gasteiger partial charge < -0.3 is 4.74 Å². The third kappa shape index (κ3) is 2.75. The summed E-state index contributed by atoms with van der Waals surface area (Å²) >= 11 is 0. The first-order valence-electron chi connectivity index (χ1n) is 6.98. The summed E-state index contributed by atoms with van der Waals surface area (Å²) in [5, 5.41) is 0. The Labute approximate surface area is 94.6 Å². The van der Waals surface area contributed by atoms with Crippen molar-refractivity contribution in [3.8, 4) is 0 Å². The Morgan fingerprint density at radius 2 is 1.60 bits per heavy atom. The maximum absolute atomic E-state index is 6.12. The summed E-state index contributed by atoms with van der Waals surface area (Å²) in [5.74, 6) is 1.91. The van der Waals surface area contributed by atoms with Gasteiger partial charge in [0.25, 0.3) is 0 Å². The van der Waals surface area contributed by atoms with Crippen molar-refractivity contribution < 1.29 is 4.74 Å². The summed E-state index contributed by atoms with van der Waals surface area (Å²) in [6.07, 6.45) is 12.2. The van der Waals surface area contributed by atoms with E-state index in [1.807, 2.05) is 0 Å². The minimum absolute atomic E-state index is 0.582. The maximum Gasteiger partial charge on any atom is 0.0608 e. The third-order valence-corrected chi connectivity index (χ3v) is 4.59. The third-order valence-electron chi connectivity index (χ3n) is 4.59. The molecule has 0 N–H and O–H groups in total. The van der Waals surface area contributed by atoms with Gasteiger partial charge in [-0.2, -0.15) is 0 Å². The Bertz CT molecular complexity index is 182. The maximum atomic E-state index is 6.12. The molecule has 1 heterocycles. The lowest BCUT2D eigenvalue weighted by Crippen LogP contribution is -2.26. The van der Waals surface area contributed by atoms with Gasteiger partial charge >= 0.3 is 0 Å². The van der Waals surface area contributed by atoms with Gasteiger partial charge in [0.1, 0.15) is 0 Å². The fraction of sp³-hybridized carbons (Fsp3) is 1.00. The van der Waals surface area contributed by atoms with Gasteiger partial charge in [-0.1, -0.05) is 33.1 Å². The lowest BCUT2D eigenvalue weighted by molar-refractivity contribution is -0.00504. The highest BCUT2D eigenvalue weighted by Gasteiger charge is 2.32. The van der Waals surface area contributed by atoms with E-state index in [0.29, 0.717) is 12.2 Å². The molecule has 1 aliphatic heterocycles. The first kappa shape index (κ1) is 11.4. The van der Waals surface area contributed by atoms with E-state index in [2.05, 4.69) is 13.8 Å². The summed E-state index contributed by atoms with van der Waals surface area (Å²) in [6, 6.07) is 0. The van der Waals surface area contributed by atoms with Gasteiger partial charge in [0.2, 0.25) is 0 Å². The molecule has 2 atom stereocenters. The lowest BCUT2D eigenvalue weighted by atomic mass is 9.78. The summed E-state index contributed by atoms with van der Waals surface area (Å²) in [6.45, 7) is 4.59. The largest absolute Gasteiger partial charge is 0.375 e. The van der Waals surface area contributed by atoms with Crippen LogP contribution in [-0.4, -0.2) is 12.2 Å². The van der Waals surface area contributed by atoms with E-state index in [1.165, 1.54) is 51.4 Å². The van der Waals surface area contributed by atoms with Crippen molar-refractivity contribution in [2.45, 2.75) is 77.4 Å². The molecule has 0 radical (unpaired) electrons. The van der Waals surface area contributed by atoms with E-state index in [0.717, 1.165) is 11.8 Å². The van der Waals surface area contributed by atoms with Crippen LogP contribution in [0.2, 0.25) is 0 Å². The zero-order chi connectivity index (χ0) is 10.7. The summed E-state index contributed by atoms with van der Waals surface area (Å²) in [4.78, 5) is 0.